The van der Waals surface area contributed by atoms with E-state index in [9.17, 15) is 13.6 Å². The van der Waals surface area contributed by atoms with Crippen LogP contribution in [0.1, 0.15) is 26.3 Å². The SMILES string of the molecule is Cn1c(SCC(=O)Nc2c(F)cccc2F)nnc1-c1ccc(C(C)(C)C)cc1. The van der Waals surface area contributed by atoms with Gasteiger partial charge in [0.25, 0.3) is 0 Å². The van der Waals surface area contributed by atoms with Crippen molar-refractivity contribution < 1.29 is 13.6 Å². The summed E-state index contributed by atoms with van der Waals surface area (Å²) in [6, 6.07) is 11.5. The Kier molecular flexibility index (Phi) is 6.02. The average Bonchev–Trinajstić information content (AvgIpc) is 3.03. The van der Waals surface area contributed by atoms with Gasteiger partial charge in [0.1, 0.15) is 17.3 Å². The van der Waals surface area contributed by atoms with Crippen LogP contribution in [0.15, 0.2) is 47.6 Å². The van der Waals surface area contributed by atoms with Crippen LogP contribution in [0.2, 0.25) is 0 Å². The molecule has 3 rings (SSSR count). The number of halogens is 2. The van der Waals surface area contributed by atoms with E-state index in [-0.39, 0.29) is 11.2 Å². The lowest BCUT2D eigenvalue weighted by atomic mass is 9.87. The Hall–Kier alpha value is -2.74. The standard InChI is InChI=1S/C21H22F2N4OS/c1-21(2,3)14-10-8-13(9-11-14)19-25-26-20(27(19)4)29-12-17(28)24-18-15(22)6-5-7-16(18)23/h5-11H,12H2,1-4H3,(H,24,28). The average molecular weight is 416 g/mol. The van der Waals surface area contributed by atoms with Gasteiger partial charge in [-0.25, -0.2) is 8.78 Å². The summed E-state index contributed by atoms with van der Waals surface area (Å²) in [6.07, 6.45) is 0. The third-order valence-electron chi connectivity index (χ3n) is 4.40. The van der Waals surface area contributed by atoms with E-state index in [2.05, 4.69) is 48.4 Å². The molecule has 0 saturated heterocycles. The van der Waals surface area contributed by atoms with Crippen molar-refractivity contribution in [3.05, 3.63) is 59.7 Å². The molecule has 1 heterocycles. The minimum absolute atomic E-state index is 0.0529. The molecule has 0 aliphatic carbocycles. The summed E-state index contributed by atoms with van der Waals surface area (Å²) in [5.41, 5.74) is 1.74. The van der Waals surface area contributed by atoms with E-state index in [0.717, 1.165) is 29.5 Å². The Balaban J connectivity index is 1.68. The Bertz CT molecular complexity index is 1010. The number of carbonyl (C=O) groups excluding carboxylic acids is 1. The summed E-state index contributed by atoms with van der Waals surface area (Å²) >= 11 is 1.14. The van der Waals surface area contributed by atoms with E-state index in [1.165, 1.54) is 11.6 Å². The molecule has 0 bridgehead atoms. The van der Waals surface area contributed by atoms with Crippen molar-refractivity contribution in [3.8, 4) is 11.4 Å². The van der Waals surface area contributed by atoms with Crippen molar-refractivity contribution >= 4 is 23.4 Å². The van der Waals surface area contributed by atoms with Crippen molar-refractivity contribution in [3.63, 3.8) is 0 Å². The number of anilines is 1. The predicted molar refractivity (Wildman–Crippen MR) is 111 cm³/mol. The van der Waals surface area contributed by atoms with Gasteiger partial charge in [0.2, 0.25) is 5.91 Å². The molecule has 3 aromatic rings. The molecule has 2 aromatic carbocycles. The van der Waals surface area contributed by atoms with Gasteiger partial charge in [0, 0.05) is 12.6 Å². The van der Waals surface area contributed by atoms with Crippen LogP contribution in [0, 0.1) is 11.6 Å². The Morgan fingerprint density at radius 1 is 1.07 bits per heavy atom. The van der Waals surface area contributed by atoms with Crippen LogP contribution in [0.25, 0.3) is 11.4 Å². The Labute approximate surface area is 172 Å². The van der Waals surface area contributed by atoms with Crippen LogP contribution in [0.5, 0.6) is 0 Å². The maximum atomic E-state index is 13.6. The summed E-state index contributed by atoms with van der Waals surface area (Å²) in [7, 11) is 1.81. The second-order valence-electron chi connectivity index (χ2n) is 7.63. The first-order valence-electron chi connectivity index (χ1n) is 9.04. The zero-order valence-corrected chi connectivity index (χ0v) is 17.5. The number of hydrogen-bond donors (Lipinski definition) is 1. The molecule has 0 saturated carbocycles. The lowest BCUT2D eigenvalue weighted by Gasteiger charge is -2.19. The lowest BCUT2D eigenvalue weighted by molar-refractivity contribution is -0.113. The summed E-state index contributed by atoms with van der Waals surface area (Å²) in [5.74, 6) is -1.54. The van der Waals surface area contributed by atoms with Crippen LogP contribution in [-0.2, 0) is 17.3 Å². The molecule has 0 radical (unpaired) electrons. The quantitative estimate of drug-likeness (QED) is 0.608. The highest BCUT2D eigenvalue weighted by Gasteiger charge is 2.17. The van der Waals surface area contributed by atoms with Crippen LogP contribution in [0.3, 0.4) is 0 Å². The molecule has 8 heteroatoms. The third-order valence-corrected chi connectivity index (χ3v) is 5.42. The zero-order chi connectivity index (χ0) is 21.2. The smallest absolute Gasteiger partial charge is 0.235 e. The normalized spacial score (nSPS) is 11.5. The highest BCUT2D eigenvalue weighted by molar-refractivity contribution is 7.99. The van der Waals surface area contributed by atoms with Gasteiger partial charge >= 0.3 is 0 Å². The molecular formula is C21H22F2N4OS. The zero-order valence-electron chi connectivity index (χ0n) is 16.7. The van der Waals surface area contributed by atoms with Gasteiger partial charge in [-0.15, -0.1) is 10.2 Å². The number of hydrogen-bond acceptors (Lipinski definition) is 4. The number of amides is 1. The molecule has 152 valence electrons. The predicted octanol–water partition coefficient (Wildman–Crippen LogP) is 4.79. The first kappa shape index (κ1) is 21.0. The van der Waals surface area contributed by atoms with E-state index in [1.807, 2.05) is 19.2 Å². The molecule has 0 fully saturated rings. The molecule has 0 aliphatic heterocycles. The van der Waals surface area contributed by atoms with Gasteiger partial charge < -0.3 is 9.88 Å². The summed E-state index contributed by atoms with van der Waals surface area (Å²) in [5, 5.41) is 11.1. The lowest BCUT2D eigenvalue weighted by Crippen LogP contribution is -2.16. The number of carbonyl (C=O) groups is 1. The number of nitrogens with one attached hydrogen (secondary N) is 1. The van der Waals surface area contributed by atoms with Gasteiger partial charge in [0.15, 0.2) is 11.0 Å². The van der Waals surface area contributed by atoms with E-state index < -0.39 is 23.2 Å². The number of thioether (sulfide) groups is 1. The molecule has 1 aromatic heterocycles. The summed E-state index contributed by atoms with van der Waals surface area (Å²) in [6.45, 7) is 6.45. The topological polar surface area (TPSA) is 59.8 Å². The van der Waals surface area contributed by atoms with Gasteiger partial charge in [-0.3, -0.25) is 4.79 Å². The van der Waals surface area contributed by atoms with Gasteiger partial charge in [-0.2, -0.15) is 0 Å². The fourth-order valence-electron chi connectivity index (χ4n) is 2.73. The molecule has 1 N–H and O–H groups in total. The molecular weight excluding hydrogens is 394 g/mol. The highest BCUT2D eigenvalue weighted by Crippen LogP contribution is 2.27. The Morgan fingerprint density at radius 2 is 1.69 bits per heavy atom. The molecule has 0 aliphatic rings. The van der Waals surface area contributed by atoms with Crippen molar-refractivity contribution in [1.29, 1.82) is 0 Å². The van der Waals surface area contributed by atoms with E-state index in [0.29, 0.717) is 11.0 Å². The first-order valence-corrected chi connectivity index (χ1v) is 10.0. The number of para-hydroxylation sites is 1. The second-order valence-corrected chi connectivity index (χ2v) is 8.57. The van der Waals surface area contributed by atoms with Crippen LogP contribution in [0.4, 0.5) is 14.5 Å². The van der Waals surface area contributed by atoms with Crippen LogP contribution < -0.4 is 5.32 Å². The fraction of sp³-hybridized carbons (Fsp3) is 0.286. The molecule has 1 amide bonds. The first-order chi connectivity index (χ1) is 13.7. The maximum absolute atomic E-state index is 13.6. The van der Waals surface area contributed by atoms with Crippen molar-refractivity contribution in [2.75, 3.05) is 11.1 Å². The minimum Gasteiger partial charge on any atom is -0.320 e. The molecule has 0 spiro atoms. The van der Waals surface area contributed by atoms with Gasteiger partial charge in [-0.05, 0) is 23.1 Å². The molecule has 0 atom stereocenters. The van der Waals surface area contributed by atoms with Crippen LogP contribution in [-0.4, -0.2) is 26.4 Å². The maximum Gasteiger partial charge on any atom is 0.235 e. The van der Waals surface area contributed by atoms with E-state index >= 15 is 0 Å². The number of rotatable bonds is 5. The van der Waals surface area contributed by atoms with E-state index in [1.54, 1.807) is 4.57 Å². The number of benzene rings is 2. The van der Waals surface area contributed by atoms with Crippen LogP contribution >= 0.6 is 11.8 Å². The molecule has 0 unspecified atom stereocenters. The number of aromatic nitrogens is 3. The van der Waals surface area contributed by atoms with E-state index in [4.69, 9.17) is 0 Å². The Morgan fingerprint density at radius 3 is 2.28 bits per heavy atom. The number of nitrogens with zero attached hydrogens (tertiary/aromatic N) is 3. The molecule has 29 heavy (non-hydrogen) atoms. The van der Waals surface area contributed by atoms with Gasteiger partial charge in [0.05, 0.1) is 5.75 Å². The van der Waals surface area contributed by atoms with Crippen molar-refractivity contribution in [2.45, 2.75) is 31.3 Å². The van der Waals surface area contributed by atoms with Gasteiger partial charge in [-0.1, -0.05) is 62.9 Å². The summed E-state index contributed by atoms with van der Waals surface area (Å²) < 4.78 is 29.1. The highest BCUT2D eigenvalue weighted by atomic mass is 32.2. The molecule has 5 nitrogen and oxygen atoms in total. The third kappa shape index (κ3) is 4.82. The second kappa shape index (κ2) is 8.32. The monoisotopic (exact) mass is 416 g/mol. The van der Waals surface area contributed by atoms with Crippen molar-refractivity contribution in [2.24, 2.45) is 7.05 Å². The van der Waals surface area contributed by atoms with Crippen molar-refractivity contribution in [1.82, 2.24) is 14.8 Å². The summed E-state index contributed by atoms with van der Waals surface area (Å²) in [4.78, 5) is 12.1. The minimum atomic E-state index is -0.817. The largest absolute Gasteiger partial charge is 0.320 e. The fourth-order valence-corrected chi connectivity index (χ4v) is 3.45.